The molecule has 0 aliphatic carbocycles. The Labute approximate surface area is 158 Å². The number of allylic oxidation sites excluding steroid dienone is 1. The van der Waals surface area contributed by atoms with Gasteiger partial charge in [0, 0.05) is 24.8 Å². The van der Waals surface area contributed by atoms with Gasteiger partial charge in [0.2, 0.25) is 11.8 Å². The maximum atomic E-state index is 12.0. The number of methoxy groups -OCH3 is 1. The maximum absolute atomic E-state index is 12.0. The molecule has 1 heterocycles. The molecule has 0 aromatic heterocycles. The quantitative estimate of drug-likeness (QED) is 0.654. The van der Waals surface area contributed by atoms with Crippen molar-refractivity contribution in [3.8, 4) is 11.5 Å². The van der Waals surface area contributed by atoms with Crippen molar-refractivity contribution < 1.29 is 19.4 Å². The highest BCUT2D eigenvalue weighted by Gasteiger charge is 2.24. The first-order chi connectivity index (χ1) is 12.4. The first kappa shape index (κ1) is 21.9. The fourth-order valence-electron chi connectivity index (χ4n) is 2.32. The van der Waals surface area contributed by atoms with Crippen LogP contribution >= 0.6 is 11.8 Å². The lowest BCUT2D eigenvalue weighted by Crippen LogP contribution is -2.38. The Morgan fingerprint density at radius 3 is 2.73 bits per heavy atom. The van der Waals surface area contributed by atoms with Crippen LogP contribution < -0.4 is 15.4 Å². The molecule has 3 N–H and O–H groups in total. The standard InChI is InChI=1S/C15H21N3O4S.C3H6/c1-10-16-5-6-18(10)15(21)9-23-8-14(20)17-11-3-4-13(22-2)12(19)7-11;1-3-2/h3-4,7,10,16,19H,5-6,8-9H2,1-2H3,(H,17,20);3H,1H2,2H3. The number of anilines is 1. The number of thioether (sulfide) groups is 1. The van der Waals surface area contributed by atoms with Gasteiger partial charge < -0.3 is 20.1 Å². The van der Waals surface area contributed by atoms with E-state index in [-0.39, 0.29) is 35.2 Å². The highest BCUT2D eigenvalue weighted by atomic mass is 32.2. The highest BCUT2D eigenvalue weighted by molar-refractivity contribution is 8.00. The first-order valence-electron chi connectivity index (χ1n) is 8.27. The van der Waals surface area contributed by atoms with Crippen LogP contribution in [0.2, 0.25) is 0 Å². The van der Waals surface area contributed by atoms with E-state index in [9.17, 15) is 14.7 Å². The third-order valence-electron chi connectivity index (χ3n) is 3.50. The van der Waals surface area contributed by atoms with Crippen molar-refractivity contribution in [2.24, 2.45) is 0 Å². The number of phenolic OH excluding ortho intramolecular Hbond substituents is 1. The molecule has 7 nitrogen and oxygen atoms in total. The van der Waals surface area contributed by atoms with E-state index in [1.807, 2.05) is 13.8 Å². The summed E-state index contributed by atoms with van der Waals surface area (Å²) in [6.45, 7) is 8.70. The third-order valence-corrected chi connectivity index (χ3v) is 4.42. The van der Waals surface area contributed by atoms with E-state index >= 15 is 0 Å². The van der Waals surface area contributed by atoms with Crippen LogP contribution in [0.1, 0.15) is 13.8 Å². The van der Waals surface area contributed by atoms with Gasteiger partial charge in [-0.1, -0.05) is 6.08 Å². The van der Waals surface area contributed by atoms with Gasteiger partial charge in [0.1, 0.15) is 0 Å². The Bertz CT molecular complexity index is 624. The molecule has 144 valence electrons. The molecule has 1 atom stereocenters. The van der Waals surface area contributed by atoms with Crippen LogP contribution in [0, 0.1) is 0 Å². The number of benzene rings is 1. The summed E-state index contributed by atoms with van der Waals surface area (Å²) >= 11 is 1.27. The normalized spacial score (nSPS) is 15.7. The van der Waals surface area contributed by atoms with E-state index in [4.69, 9.17) is 4.74 Å². The lowest BCUT2D eigenvalue weighted by atomic mass is 10.3. The van der Waals surface area contributed by atoms with E-state index in [1.165, 1.54) is 24.9 Å². The van der Waals surface area contributed by atoms with E-state index in [2.05, 4.69) is 17.2 Å². The zero-order chi connectivity index (χ0) is 19.5. The van der Waals surface area contributed by atoms with Crippen LogP contribution in [0.3, 0.4) is 0 Å². The smallest absolute Gasteiger partial charge is 0.234 e. The molecule has 26 heavy (non-hydrogen) atoms. The van der Waals surface area contributed by atoms with Crippen LogP contribution in [0.4, 0.5) is 5.69 Å². The van der Waals surface area contributed by atoms with Gasteiger partial charge in [-0.15, -0.1) is 18.3 Å². The van der Waals surface area contributed by atoms with Crippen molar-refractivity contribution >= 4 is 29.3 Å². The van der Waals surface area contributed by atoms with E-state index in [1.54, 1.807) is 23.1 Å². The SMILES string of the molecule is C=CC.COc1ccc(NC(=O)CSCC(=O)N2CCNC2C)cc1O. The number of nitrogens with one attached hydrogen (secondary N) is 2. The average molecular weight is 381 g/mol. The molecule has 0 bridgehead atoms. The predicted octanol–water partition coefficient (Wildman–Crippen LogP) is 2.04. The number of aromatic hydroxyl groups is 1. The van der Waals surface area contributed by atoms with E-state index in [0.717, 1.165) is 6.54 Å². The number of hydrogen-bond donors (Lipinski definition) is 3. The Balaban J connectivity index is 0.00000105. The third kappa shape index (κ3) is 6.97. The van der Waals surface area contributed by atoms with Crippen molar-refractivity contribution in [3.05, 3.63) is 30.9 Å². The molecule has 8 heteroatoms. The van der Waals surface area contributed by atoms with Crippen LogP contribution in [0.25, 0.3) is 0 Å². The highest BCUT2D eigenvalue weighted by Crippen LogP contribution is 2.28. The van der Waals surface area contributed by atoms with Gasteiger partial charge in [-0.2, -0.15) is 0 Å². The summed E-state index contributed by atoms with van der Waals surface area (Å²) < 4.78 is 4.94. The summed E-state index contributed by atoms with van der Waals surface area (Å²) in [5.41, 5.74) is 0.484. The minimum atomic E-state index is -0.222. The molecule has 1 aliphatic heterocycles. The van der Waals surface area contributed by atoms with Crippen LogP contribution in [0.15, 0.2) is 30.9 Å². The Kier molecular flexibility index (Phi) is 9.61. The zero-order valence-electron chi connectivity index (χ0n) is 15.4. The Morgan fingerprint density at radius 2 is 2.19 bits per heavy atom. The van der Waals surface area contributed by atoms with Gasteiger partial charge in [0.05, 0.1) is 24.8 Å². The summed E-state index contributed by atoms with van der Waals surface area (Å²) in [5.74, 6) is 0.559. The molecule has 1 aromatic carbocycles. The minimum Gasteiger partial charge on any atom is -0.504 e. The lowest BCUT2D eigenvalue weighted by Gasteiger charge is -2.20. The molecule has 2 amide bonds. The molecule has 1 aromatic rings. The maximum Gasteiger partial charge on any atom is 0.234 e. The fourth-order valence-corrected chi connectivity index (χ4v) is 3.02. The van der Waals surface area contributed by atoms with Gasteiger partial charge >= 0.3 is 0 Å². The minimum absolute atomic E-state index is 0.0300. The molecule has 1 fully saturated rings. The van der Waals surface area contributed by atoms with E-state index in [0.29, 0.717) is 18.0 Å². The zero-order valence-corrected chi connectivity index (χ0v) is 16.3. The van der Waals surface area contributed by atoms with Gasteiger partial charge in [-0.3, -0.25) is 14.9 Å². The second-order valence-electron chi connectivity index (χ2n) is 5.55. The van der Waals surface area contributed by atoms with Crippen molar-refractivity contribution in [2.75, 3.05) is 37.0 Å². The lowest BCUT2D eigenvalue weighted by molar-refractivity contribution is -0.128. The van der Waals surface area contributed by atoms with Crippen LogP contribution in [-0.4, -0.2) is 59.7 Å². The van der Waals surface area contributed by atoms with Gasteiger partial charge in [0.15, 0.2) is 11.5 Å². The number of carbonyl (C=O) groups excluding carboxylic acids is 2. The molecule has 2 rings (SSSR count). The number of rotatable bonds is 6. The van der Waals surface area contributed by atoms with Crippen molar-refractivity contribution in [2.45, 2.75) is 20.0 Å². The van der Waals surface area contributed by atoms with Crippen LogP contribution in [-0.2, 0) is 9.59 Å². The number of ether oxygens (including phenoxy) is 1. The molecule has 1 saturated heterocycles. The summed E-state index contributed by atoms with van der Waals surface area (Å²) in [7, 11) is 1.46. The molecule has 0 spiro atoms. The molecule has 0 saturated carbocycles. The average Bonchev–Trinajstić information content (AvgIpc) is 3.02. The Morgan fingerprint density at radius 1 is 1.50 bits per heavy atom. The second-order valence-corrected chi connectivity index (χ2v) is 6.54. The summed E-state index contributed by atoms with van der Waals surface area (Å²) in [6.07, 6.45) is 1.80. The summed E-state index contributed by atoms with van der Waals surface area (Å²) in [4.78, 5) is 25.6. The number of hydrogen-bond acceptors (Lipinski definition) is 6. The molecular formula is C18H27N3O4S. The predicted molar refractivity (Wildman–Crippen MR) is 106 cm³/mol. The fraction of sp³-hybridized carbons (Fsp3) is 0.444. The number of phenols is 1. The summed E-state index contributed by atoms with van der Waals surface area (Å²) in [6, 6.07) is 4.64. The first-order valence-corrected chi connectivity index (χ1v) is 9.42. The molecular weight excluding hydrogens is 354 g/mol. The second kappa shape index (κ2) is 11.4. The number of amides is 2. The summed E-state index contributed by atoms with van der Waals surface area (Å²) in [5, 5.41) is 15.5. The van der Waals surface area contributed by atoms with Crippen LogP contribution in [0.5, 0.6) is 11.5 Å². The number of nitrogens with zero attached hydrogens (tertiary/aromatic N) is 1. The molecule has 1 unspecified atom stereocenters. The monoisotopic (exact) mass is 381 g/mol. The topological polar surface area (TPSA) is 90.9 Å². The van der Waals surface area contributed by atoms with Gasteiger partial charge in [-0.25, -0.2) is 0 Å². The van der Waals surface area contributed by atoms with Crippen molar-refractivity contribution in [3.63, 3.8) is 0 Å². The number of carbonyl (C=O) groups is 2. The molecule has 1 aliphatic rings. The van der Waals surface area contributed by atoms with Crippen molar-refractivity contribution in [1.82, 2.24) is 10.2 Å². The largest absolute Gasteiger partial charge is 0.504 e. The molecule has 0 radical (unpaired) electrons. The van der Waals surface area contributed by atoms with Crippen molar-refractivity contribution in [1.29, 1.82) is 0 Å². The Hall–Kier alpha value is -2.19. The van der Waals surface area contributed by atoms with Gasteiger partial charge in [-0.05, 0) is 26.0 Å². The van der Waals surface area contributed by atoms with Gasteiger partial charge in [0.25, 0.3) is 0 Å². The van der Waals surface area contributed by atoms with E-state index < -0.39 is 0 Å².